The van der Waals surface area contributed by atoms with E-state index in [0.717, 1.165) is 6.07 Å². The molecule has 18 heavy (non-hydrogen) atoms. The summed E-state index contributed by atoms with van der Waals surface area (Å²) < 4.78 is 5.18. The second-order valence-corrected chi connectivity index (χ2v) is 3.35. The lowest BCUT2D eigenvalue weighted by Crippen LogP contribution is -2.05. The number of nitro benzene ring substituents is 1. The van der Waals surface area contributed by atoms with Gasteiger partial charge in [-0.2, -0.15) is 5.26 Å². The average Bonchev–Trinajstić information content (AvgIpc) is 2.34. The number of hydrogen-bond acceptors (Lipinski definition) is 5. The Morgan fingerprint density at radius 3 is 2.83 bits per heavy atom. The molecule has 0 aliphatic rings. The third-order valence-corrected chi connectivity index (χ3v) is 2.09. The Bertz CT molecular complexity index is 507. The first-order valence-corrected chi connectivity index (χ1v) is 5.07. The van der Waals surface area contributed by atoms with Gasteiger partial charge in [0, 0.05) is 18.6 Å². The lowest BCUT2D eigenvalue weighted by Gasteiger charge is -2.07. The van der Waals surface area contributed by atoms with Crippen molar-refractivity contribution in [3.05, 3.63) is 33.9 Å². The number of nitro groups is 1. The fourth-order valence-electron chi connectivity index (χ4n) is 1.26. The van der Waals surface area contributed by atoms with Gasteiger partial charge in [0.25, 0.3) is 5.69 Å². The summed E-state index contributed by atoms with van der Waals surface area (Å²) in [6.45, 7) is 0.186. The van der Waals surface area contributed by atoms with Crippen molar-refractivity contribution in [1.29, 1.82) is 5.26 Å². The maximum Gasteiger partial charge on any atom is 0.339 e. The van der Waals surface area contributed by atoms with Crippen molar-refractivity contribution in [3.63, 3.8) is 0 Å². The maximum absolute atomic E-state index is 10.9. The predicted molar refractivity (Wildman–Crippen MR) is 60.4 cm³/mol. The number of benzene rings is 1. The average molecular weight is 250 g/mol. The van der Waals surface area contributed by atoms with E-state index in [2.05, 4.69) is 0 Å². The van der Waals surface area contributed by atoms with Crippen molar-refractivity contribution in [2.75, 3.05) is 6.61 Å². The summed E-state index contributed by atoms with van der Waals surface area (Å²) in [7, 11) is 0. The minimum atomic E-state index is -1.30. The highest BCUT2D eigenvalue weighted by atomic mass is 16.6. The molecule has 0 spiro atoms. The molecule has 0 heterocycles. The Morgan fingerprint density at radius 2 is 2.28 bits per heavy atom. The van der Waals surface area contributed by atoms with Crippen molar-refractivity contribution >= 4 is 11.7 Å². The molecular formula is C11H10N2O5. The number of non-ortho nitro benzene ring substituents is 1. The fourth-order valence-corrected chi connectivity index (χ4v) is 1.26. The lowest BCUT2D eigenvalue weighted by molar-refractivity contribution is -0.384. The third-order valence-electron chi connectivity index (χ3n) is 2.09. The van der Waals surface area contributed by atoms with Crippen LogP contribution in [0.4, 0.5) is 5.69 Å². The maximum atomic E-state index is 10.9. The summed E-state index contributed by atoms with van der Waals surface area (Å²) in [5.41, 5.74) is -0.571. The van der Waals surface area contributed by atoms with Crippen molar-refractivity contribution in [1.82, 2.24) is 0 Å². The van der Waals surface area contributed by atoms with Crippen molar-refractivity contribution in [3.8, 4) is 11.8 Å². The SMILES string of the molecule is N#CCCCOc1ccc([N+](=O)[O-])cc1C(=O)O. The zero-order valence-corrected chi connectivity index (χ0v) is 9.33. The number of aromatic carboxylic acids is 1. The van der Waals surface area contributed by atoms with Crippen LogP contribution in [0.5, 0.6) is 5.75 Å². The first-order chi connectivity index (χ1) is 8.56. The van der Waals surface area contributed by atoms with Crippen molar-refractivity contribution in [2.24, 2.45) is 0 Å². The molecule has 0 amide bonds. The summed E-state index contributed by atoms with van der Waals surface area (Å²) in [5.74, 6) is -1.24. The van der Waals surface area contributed by atoms with E-state index in [0.29, 0.717) is 12.8 Å². The Kier molecular flexibility index (Phi) is 4.63. The van der Waals surface area contributed by atoms with E-state index in [1.54, 1.807) is 0 Å². The van der Waals surface area contributed by atoms with Crippen LogP contribution in [0.2, 0.25) is 0 Å². The fraction of sp³-hybridized carbons (Fsp3) is 0.273. The first-order valence-electron chi connectivity index (χ1n) is 5.07. The molecule has 0 saturated carbocycles. The highest BCUT2D eigenvalue weighted by molar-refractivity contribution is 5.91. The molecule has 0 aliphatic carbocycles. The second-order valence-electron chi connectivity index (χ2n) is 3.35. The van der Waals surface area contributed by atoms with Gasteiger partial charge in [0.05, 0.1) is 17.6 Å². The summed E-state index contributed by atoms with van der Waals surface area (Å²) in [5, 5.41) is 27.8. The van der Waals surface area contributed by atoms with Gasteiger partial charge < -0.3 is 9.84 Å². The minimum absolute atomic E-state index is 0.0611. The minimum Gasteiger partial charge on any atom is -0.493 e. The van der Waals surface area contributed by atoms with Gasteiger partial charge in [-0.05, 0) is 12.5 Å². The van der Waals surface area contributed by atoms with Crippen molar-refractivity contribution < 1.29 is 19.6 Å². The van der Waals surface area contributed by atoms with Gasteiger partial charge in [-0.1, -0.05) is 0 Å². The van der Waals surface area contributed by atoms with Gasteiger partial charge in [-0.3, -0.25) is 10.1 Å². The summed E-state index contributed by atoms with van der Waals surface area (Å²) >= 11 is 0. The van der Waals surface area contributed by atoms with E-state index in [-0.39, 0.29) is 23.6 Å². The smallest absolute Gasteiger partial charge is 0.339 e. The Labute approximate surface area is 102 Å². The molecule has 0 aliphatic heterocycles. The van der Waals surface area contributed by atoms with Gasteiger partial charge >= 0.3 is 5.97 Å². The number of nitriles is 1. The van der Waals surface area contributed by atoms with E-state index in [1.807, 2.05) is 6.07 Å². The molecule has 0 aromatic heterocycles. The van der Waals surface area contributed by atoms with Crippen LogP contribution < -0.4 is 4.74 Å². The van der Waals surface area contributed by atoms with Gasteiger partial charge in [0.2, 0.25) is 0 Å². The van der Waals surface area contributed by atoms with E-state index < -0.39 is 10.9 Å². The molecule has 7 nitrogen and oxygen atoms in total. The molecule has 1 aromatic carbocycles. The van der Waals surface area contributed by atoms with E-state index in [1.165, 1.54) is 12.1 Å². The molecular weight excluding hydrogens is 240 g/mol. The molecule has 1 aromatic rings. The molecule has 0 saturated heterocycles. The predicted octanol–water partition coefficient (Wildman–Crippen LogP) is 1.98. The van der Waals surface area contributed by atoms with Crippen LogP contribution in [0.1, 0.15) is 23.2 Å². The molecule has 1 rings (SSSR count). The van der Waals surface area contributed by atoms with Crippen LogP contribution in [0, 0.1) is 21.4 Å². The van der Waals surface area contributed by atoms with E-state index in [4.69, 9.17) is 15.1 Å². The van der Waals surface area contributed by atoms with Crippen LogP contribution in [0.25, 0.3) is 0 Å². The molecule has 0 bridgehead atoms. The topological polar surface area (TPSA) is 113 Å². The molecule has 7 heteroatoms. The highest BCUT2D eigenvalue weighted by Crippen LogP contribution is 2.24. The Morgan fingerprint density at radius 1 is 1.56 bits per heavy atom. The number of carboxylic acid groups (broad SMARTS) is 1. The van der Waals surface area contributed by atoms with Gasteiger partial charge in [0.15, 0.2) is 0 Å². The summed E-state index contributed by atoms with van der Waals surface area (Å²) in [6, 6.07) is 5.29. The van der Waals surface area contributed by atoms with Crippen molar-refractivity contribution in [2.45, 2.75) is 12.8 Å². The Hall–Kier alpha value is -2.62. The summed E-state index contributed by atoms with van der Waals surface area (Å²) in [6.07, 6.45) is 0.766. The largest absolute Gasteiger partial charge is 0.493 e. The monoisotopic (exact) mass is 250 g/mol. The molecule has 0 radical (unpaired) electrons. The van der Waals surface area contributed by atoms with Gasteiger partial charge in [-0.15, -0.1) is 0 Å². The number of unbranched alkanes of at least 4 members (excludes halogenated alkanes) is 1. The molecule has 1 N–H and O–H groups in total. The van der Waals surface area contributed by atoms with E-state index >= 15 is 0 Å². The molecule has 0 atom stereocenters. The quantitative estimate of drug-likeness (QED) is 0.469. The van der Waals surface area contributed by atoms with Gasteiger partial charge in [-0.25, -0.2) is 4.79 Å². The number of nitrogens with zero attached hydrogens (tertiary/aromatic N) is 2. The zero-order valence-electron chi connectivity index (χ0n) is 9.33. The normalized spacial score (nSPS) is 9.50. The van der Waals surface area contributed by atoms with E-state index in [9.17, 15) is 14.9 Å². The van der Waals surface area contributed by atoms with Crippen LogP contribution in [-0.2, 0) is 0 Å². The lowest BCUT2D eigenvalue weighted by atomic mass is 10.2. The van der Waals surface area contributed by atoms with Crippen LogP contribution >= 0.6 is 0 Å². The first kappa shape index (κ1) is 13.4. The summed E-state index contributed by atoms with van der Waals surface area (Å²) in [4.78, 5) is 20.8. The molecule has 0 unspecified atom stereocenters. The third kappa shape index (κ3) is 3.45. The number of carbonyl (C=O) groups is 1. The second kappa shape index (κ2) is 6.20. The molecule has 0 fully saturated rings. The van der Waals surface area contributed by atoms with Gasteiger partial charge in [0.1, 0.15) is 11.3 Å². The number of ether oxygens (including phenoxy) is 1. The molecule has 94 valence electrons. The number of rotatable bonds is 6. The highest BCUT2D eigenvalue weighted by Gasteiger charge is 2.16. The van der Waals surface area contributed by atoms with Crippen LogP contribution in [-0.4, -0.2) is 22.6 Å². The number of hydrogen-bond donors (Lipinski definition) is 1. The van der Waals surface area contributed by atoms with Crippen LogP contribution in [0.3, 0.4) is 0 Å². The van der Waals surface area contributed by atoms with Crippen LogP contribution in [0.15, 0.2) is 18.2 Å². The zero-order chi connectivity index (χ0) is 13.5. The number of carboxylic acids is 1. The Balaban J connectivity index is 2.87. The standard InChI is InChI=1S/C11H10N2O5/c12-5-1-2-6-18-10-4-3-8(13(16)17)7-9(10)11(14)15/h3-4,7H,1-2,6H2,(H,14,15).